The molecule has 1 aliphatic rings. The Balaban J connectivity index is 2.18. The molecule has 0 unspecified atom stereocenters. The van der Waals surface area contributed by atoms with Crippen molar-refractivity contribution in [2.45, 2.75) is 39.3 Å². The molecule has 0 saturated carbocycles. The molecule has 1 aromatic carbocycles. The number of benzene rings is 1. The number of carbonyl (C=O) groups is 1. The van der Waals surface area contributed by atoms with Crippen molar-refractivity contribution in [2.75, 3.05) is 12.3 Å². The minimum Gasteiger partial charge on any atom is -0.348 e. The molecular weight excluding hydrogens is 336 g/mol. The highest BCUT2D eigenvalue weighted by Gasteiger charge is 2.40. The zero-order valence-electron chi connectivity index (χ0n) is 13.6. The maximum atomic E-state index is 12.7. The van der Waals surface area contributed by atoms with E-state index in [1.165, 1.54) is 4.31 Å². The quantitative estimate of drug-likeness (QED) is 0.879. The Bertz CT molecular complexity index is 676. The lowest BCUT2D eigenvalue weighted by Crippen LogP contribution is -2.50. The van der Waals surface area contributed by atoms with Crippen LogP contribution in [0.5, 0.6) is 0 Å². The molecular formula is C16H23ClN2O3S. The van der Waals surface area contributed by atoms with Gasteiger partial charge in [-0.25, -0.2) is 8.42 Å². The van der Waals surface area contributed by atoms with Crippen LogP contribution in [0.3, 0.4) is 0 Å². The number of amides is 1. The van der Waals surface area contributed by atoms with Gasteiger partial charge in [0, 0.05) is 11.6 Å². The van der Waals surface area contributed by atoms with E-state index in [2.05, 4.69) is 5.32 Å². The second-order valence-corrected chi connectivity index (χ2v) is 8.67. The zero-order valence-corrected chi connectivity index (χ0v) is 15.2. The number of hydrogen-bond acceptors (Lipinski definition) is 3. The predicted molar refractivity (Wildman–Crippen MR) is 91.7 cm³/mol. The van der Waals surface area contributed by atoms with Crippen LogP contribution in [-0.2, 0) is 14.8 Å². The molecule has 0 aromatic heterocycles. The Hall–Kier alpha value is -1.11. The number of sulfonamides is 1. The Morgan fingerprint density at radius 2 is 1.91 bits per heavy atom. The van der Waals surface area contributed by atoms with Crippen LogP contribution in [0.15, 0.2) is 24.3 Å². The molecule has 128 valence electrons. The maximum absolute atomic E-state index is 12.7. The molecule has 7 heteroatoms. The first kappa shape index (κ1) is 18.2. The molecule has 2 atom stereocenters. The smallest absolute Gasteiger partial charge is 0.239 e. The average Bonchev–Trinajstić information content (AvgIpc) is 2.78. The summed E-state index contributed by atoms with van der Waals surface area (Å²) in [4.78, 5) is 12.7. The number of nitrogens with one attached hydrogen (secondary N) is 1. The van der Waals surface area contributed by atoms with E-state index in [0.29, 0.717) is 18.0 Å². The lowest BCUT2D eigenvalue weighted by atomic mass is 10.0. The van der Waals surface area contributed by atoms with Crippen LogP contribution in [-0.4, -0.2) is 37.0 Å². The lowest BCUT2D eigenvalue weighted by Gasteiger charge is -2.30. The van der Waals surface area contributed by atoms with E-state index in [9.17, 15) is 13.2 Å². The van der Waals surface area contributed by atoms with Gasteiger partial charge in [0.25, 0.3) is 0 Å². The van der Waals surface area contributed by atoms with Crippen LogP contribution in [0.25, 0.3) is 0 Å². The SMILES string of the molecule is CC(C)[C@H](C(=O)N[C@H](C)c1ccccc1Cl)N1CCCS1(=O)=O. The van der Waals surface area contributed by atoms with E-state index in [1.807, 2.05) is 39.0 Å². The summed E-state index contributed by atoms with van der Waals surface area (Å²) in [5, 5.41) is 3.48. The van der Waals surface area contributed by atoms with Crippen molar-refractivity contribution < 1.29 is 13.2 Å². The maximum Gasteiger partial charge on any atom is 0.239 e. The average molecular weight is 359 g/mol. The monoisotopic (exact) mass is 358 g/mol. The predicted octanol–water partition coefficient (Wildman–Crippen LogP) is 2.58. The number of nitrogens with zero attached hydrogens (tertiary/aromatic N) is 1. The highest BCUT2D eigenvalue weighted by Crippen LogP contribution is 2.25. The number of hydrogen-bond donors (Lipinski definition) is 1. The second kappa shape index (κ2) is 7.20. The molecule has 1 heterocycles. The molecule has 1 saturated heterocycles. The molecule has 1 amide bonds. The molecule has 0 bridgehead atoms. The third-order valence-electron chi connectivity index (χ3n) is 4.08. The molecule has 0 aliphatic carbocycles. The van der Waals surface area contributed by atoms with Gasteiger partial charge in [-0.15, -0.1) is 0 Å². The Morgan fingerprint density at radius 3 is 2.43 bits per heavy atom. The number of rotatable bonds is 5. The minimum absolute atomic E-state index is 0.110. The summed E-state index contributed by atoms with van der Waals surface area (Å²) in [6, 6.07) is 6.33. The summed E-state index contributed by atoms with van der Waals surface area (Å²) in [5.41, 5.74) is 0.814. The van der Waals surface area contributed by atoms with E-state index in [0.717, 1.165) is 5.56 Å². The van der Waals surface area contributed by atoms with Crippen LogP contribution in [0, 0.1) is 5.92 Å². The highest BCUT2D eigenvalue weighted by molar-refractivity contribution is 7.89. The van der Waals surface area contributed by atoms with Crippen LogP contribution >= 0.6 is 11.6 Å². The van der Waals surface area contributed by atoms with E-state index >= 15 is 0 Å². The van der Waals surface area contributed by atoms with Crippen molar-refractivity contribution in [3.8, 4) is 0 Å². The van der Waals surface area contributed by atoms with E-state index in [-0.39, 0.29) is 23.6 Å². The zero-order chi connectivity index (χ0) is 17.2. The first-order chi connectivity index (χ1) is 10.7. The molecule has 1 aromatic rings. The van der Waals surface area contributed by atoms with E-state index in [1.54, 1.807) is 6.07 Å². The van der Waals surface area contributed by atoms with Gasteiger partial charge < -0.3 is 5.32 Å². The Morgan fingerprint density at radius 1 is 1.26 bits per heavy atom. The van der Waals surface area contributed by atoms with Crippen molar-refractivity contribution in [2.24, 2.45) is 5.92 Å². The van der Waals surface area contributed by atoms with Gasteiger partial charge in [-0.3, -0.25) is 4.79 Å². The largest absolute Gasteiger partial charge is 0.348 e. The third-order valence-corrected chi connectivity index (χ3v) is 6.35. The minimum atomic E-state index is -3.34. The fourth-order valence-corrected chi connectivity index (χ4v) is 5.06. The van der Waals surface area contributed by atoms with E-state index in [4.69, 9.17) is 11.6 Å². The van der Waals surface area contributed by atoms with Crippen molar-refractivity contribution in [1.82, 2.24) is 9.62 Å². The molecule has 1 fully saturated rings. The summed E-state index contributed by atoms with van der Waals surface area (Å²) < 4.78 is 25.6. The number of carbonyl (C=O) groups excluding carboxylic acids is 1. The van der Waals surface area contributed by atoms with Crippen molar-refractivity contribution in [1.29, 1.82) is 0 Å². The summed E-state index contributed by atoms with van der Waals surface area (Å²) in [6.07, 6.45) is 0.568. The van der Waals surface area contributed by atoms with Crippen LogP contribution in [0.2, 0.25) is 5.02 Å². The van der Waals surface area contributed by atoms with Crippen molar-refractivity contribution in [3.05, 3.63) is 34.9 Å². The van der Waals surface area contributed by atoms with Gasteiger partial charge in [0.05, 0.1) is 11.8 Å². The molecule has 0 spiro atoms. The molecule has 1 N–H and O–H groups in total. The van der Waals surface area contributed by atoms with Gasteiger partial charge >= 0.3 is 0 Å². The normalized spacial score (nSPS) is 20.4. The summed E-state index contributed by atoms with van der Waals surface area (Å²) in [5.74, 6) is -0.275. The summed E-state index contributed by atoms with van der Waals surface area (Å²) in [7, 11) is -3.34. The topological polar surface area (TPSA) is 66.5 Å². The van der Waals surface area contributed by atoms with Gasteiger partial charge in [0.15, 0.2) is 0 Å². The molecule has 1 aliphatic heterocycles. The Labute approximate surface area is 143 Å². The van der Waals surface area contributed by atoms with E-state index < -0.39 is 16.1 Å². The van der Waals surface area contributed by atoms with Gasteiger partial charge in [0.2, 0.25) is 15.9 Å². The molecule has 5 nitrogen and oxygen atoms in total. The fraction of sp³-hybridized carbons (Fsp3) is 0.562. The van der Waals surface area contributed by atoms with Crippen LogP contribution in [0.1, 0.15) is 38.8 Å². The van der Waals surface area contributed by atoms with Crippen molar-refractivity contribution in [3.63, 3.8) is 0 Å². The molecule has 0 radical (unpaired) electrons. The summed E-state index contributed by atoms with van der Waals surface area (Å²) >= 11 is 6.16. The second-order valence-electron chi connectivity index (χ2n) is 6.22. The van der Waals surface area contributed by atoms with Crippen LogP contribution < -0.4 is 5.32 Å². The van der Waals surface area contributed by atoms with Gasteiger partial charge in [-0.05, 0) is 30.9 Å². The first-order valence-corrected chi connectivity index (χ1v) is 9.77. The molecule has 23 heavy (non-hydrogen) atoms. The van der Waals surface area contributed by atoms with Crippen molar-refractivity contribution >= 4 is 27.5 Å². The lowest BCUT2D eigenvalue weighted by molar-refractivity contribution is -0.126. The van der Waals surface area contributed by atoms with Crippen LogP contribution in [0.4, 0.5) is 0 Å². The Kier molecular flexibility index (Phi) is 5.70. The summed E-state index contributed by atoms with van der Waals surface area (Å²) in [6.45, 7) is 5.96. The van der Waals surface area contributed by atoms with Gasteiger partial charge in [-0.1, -0.05) is 43.6 Å². The third kappa shape index (κ3) is 4.05. The number of halogens is 1. The fourth-order valence-electron chi connectivity index (χ4n) is 2.94. The standard InChI is InChI=1S/C16H23ClN2O3S/c1-11(2)15(19-9-6-10-23(19,21)22)16(20)18-12(3)13-7-4-5-8-14(13)17/h4-5,7-8,11-12,15H,6,9-10H2,1-3H3,(H,18,20)/t12-,15-/m1/s1. The highest BCUT2D eigenvalue weighted by atomic mass is 35.5. The molecule has 2 rings (SSSR count). The van der Waals surface area contributed by atoms with Gasteiger partial charge in [0.1, 0.15) is 6.04 Å². The first-order valence-electron chi connectivity index (χ1n) is 7.78. The van der Waals surface area contributed by atoms with Gasteiger partial charge in [-0.2, -0.15) is 4.31 Å².